The van der Waals surface area contributed by atoms with Gasteiger partial charge in [0.25, 0.3) is 0 Å². The van der Waals surface area contributed by atoms with Crippen LogP contribution in [0, 0.1) is 9.49 Å². The molecule has 1 heterocycles. The molecule has 168 valence electrons. The van der Waals surface area contributed by atoms with Crippen LogP contribution in [-0.4, -0.2) is 30.5 Å². The summed E-state index contributed by atoms with van der Waals surface area (Å²) in [7, 11) is 0.772. The van der Waals surface area contributed by atoms with Crippen LogP contribution in [0.5, 0.6) is 11.5 Å². The highest BCUT2D eigenvalue weighted by atomic mass is 127. The molecule has 0 aliphatic carbocycles. The minimum Gasteiger partial charge on any atom is -0.504 e. The zero-order valence-electron chi connectivity index (χ0n) is 18.8. The first-order valence-corrected chi connectivity index (χ1v) is 11.9. The summed E-state index contributed by atoms with van der Waals surface area (Å²) in [5.41, 5.74) is 5.38. The van der Waals surface area contributed by atoms with E-state index in [4.69, 9.17) is 9.39 Å². The number of phenolic OH excluding ortho intramolecular Hbond substituents is 1. The number of hydrogen-bond acceptors (Lipinski definition) is 4. The zero-order valence-corrected chi connectivity index (χ0v) is 21.0. The number of hydrogen-bond donors (Lipinski definition) is 2. The number of allylic oxidation sites excluding steroid dienone is 2. The quantitative estimate of drug-likeness (QED) is 0.231. The fraction of sp³-hybridized carbons (Fsp3) is 0.308. The molecule has 0 saturated carbocycles. The van der Waals surface area contributed by atoms with Gasteiger partial charge in [-0.25, -0.2) is 0 Å². The van der Waals surface area contributed by atoms with Gasteiger partial charge in [0.1, 0.15) is 0 Å². The van der Waals surface area contributed by atoms with E-state index in [1.165, 1.54) is 0 Å². The highest BCUT2D eigenvalue weighted by Crippen LogP contribution is 2.36. The molecule has 32 heavy (non-hydrogen) atoms. The molecule has 0 spiro atoms. The molecule has 1 aliphatic heterocycles. The number of aromatic hydroxyl groups is 1. The average Bonchev–Trinajstić information content (AvgIpc) is 2.78. The van der Waals surface area contributed by atoms with Crippen LogP contribution in [0.15, 0.2) is 66.3 Å². The molecule has 3 rings (SSSR count). The lowest BCUT2D eigenvalue weighted by Crippen LogP contribution is -2.32. The molecule has 4 nitrogen and oxygen atoms in total. The van der Waals surface area contributed by atoms with Crippen LogP contribution in [0.2, 0.25) is 6.32 Å². The molecule has 0 saturated heterocycles. The summed E-state index contributed by atoms with van der Waals surface area (Å²) >= 11 is 2.11. The van der Waals surface area contributed by atoms with Gasteiger partial charge in [0.05, 0.1) is 16.8 Å². The van der Waals surface area contributed by atoms with Gasteiger partial charge in [0.15, 0.2) is 11.5 Å². The van der Waals surface area contributed by atoms with Crippen molar-refractivity contribution in [3.8, 4) is 11.5 Å². The molecule has 6 heteroatoms. The van der Waals surface area contributed by atoms with Crippen LogP contribution < -0.4 is 4.74 Å². The van der Waals surface area contributed by atoms with Crippen molar-refractivity contribution in [1.29, 1.82) is 0 Å². The summed E-state index contributed by atoms with van der Waals surface area (Å²) in [4.78, 5) is 0. The summed E-state index contributed by atoms with van der Waals surface area (Å²) in [5, 5.41) is 20.3. The van der Waals surface area contributed by atoms with E-state index in [1.807, 2.05) is 30.3 Å². The van der Waals surface area contributed by atoms with E-state index in [1.54, 1.807) is 7.11 Å². The molecule has 1 atom stereocenters. The van der Waals surface area contributed by atoms with Gasteiger partial charge in [-0.1, -0.05) is 62.9 Å². The van der Waals surface area contributed by atoms with Crippen molar-refractivity contribution in [1.82, 2.24) is 0 Å². The van der Waals surface area contributed by atoms with Crippen molar-refractivity contribution in [3.05, 3.63) is 81.0 Å². The second kappa shape index (κ2) is 11.2. The fourth-order valence-electron chi connectivity index (χ4n) is 3.85. The Kier molecular flexibility index (Phi) is 8.62. The van der Waals surface area contributed by atoms with E-state index in [0.29, 0.717) is 18.0 Å². The molecule has 0 radical (unpaired) electrons. The van der Waals surface area contributed by atoms with Crippen LogP contribution in [0.1, 0.15) is 37.8 Å². The Morgan fingerprint density at radius 2 is 2.03 bits per heavy atom. The molecule has 1 aliphatic rings. The standard InChI is InChI=1S/C26H30BIO4/c1-17(2)18(3)22-12-13-27(30)32-24(22)11-10-21(20-8-6-5-7-9-20)14-19-15-23(28)26(29)25(16-19)31-4/h5-9,12,14-17,24,29-30H,3,10-11,13H2,1-2,4H3/b21-14-. The Labute approximate surface area is 204 Å². The number of rotatable bonds is 8. The monoisotopic (exact) mass is 544 g/mol. The van der Waals surface area contributed by atoms with Crippen molar-refractivity contribution in [3.63, 3.8) is 0 Å². The lowest BCUT2D eigenvalue weighted by molar-refractivity contribution is 0.183. The maximum atomic E-state index is 10.2. The average molecular weight is 544 g/mol. The maximum Gasteiger partial charge on any atom is 0.458 e. The number of methoxy groups -OCH3 is 1. The van der Waals surface area contributed by atoms with E-state index >= 15 is 0 Å². The highest BCUT2D eigenvalue weighted by molar-refractivity contribution is 14.1. The van der Waals surface area contributed by atoms with Gasteiger partial charge in [0.2, 0.25) is 0 Å². The summed E-state index contributed by atoms with van der Waals surface area (Å²) in [6.45, 7) is 8.51. The Morgan fingerprint density at radius 3 is 2.69 bits per heavy atom. The van der Waals surface area contributed by atoms with Gasteiger partial charge in [-0.15, -0.1) is 0 Å². The van der Waals surface area contributed by atoms with Gasteiger partial charge in [-0.2, -0.15) is 0 Å². The molecule has 0 bridgehead atoms. The minimum absolute atomic E-state index is 0.151. The maximum absolute atomic E-state index is 10.2. The van der Waals surface area contributed by atoms with E-state index in [2.05, 4.69) is 67.3 Å². The number of phenols is 1. The molecule has 0 aromatic heterocycles. The van der Waals surface area contributed by atoms with E-state index in [0.717, 1.165) is 44.3 Å². The predicted octanol–water partition coefficient (Wildman–Crippen LogP) is 6.34. The fourth-order valence-corrected chi connectivity index (χ4v) is 4.47. The van der Waals surface area contributed by atoms with Gasteiger partial charge < -0.3 is 19.5 Å². The molecule has 2 N–H and O–H groups in total. The Morgan fingerprint density at radius 1 is 1.31 bits per heavy atom. The molecular weight excluding hydrogens is 514 g/mol. The molecule has 0 fully saturated rings. The second-order valence-electron chi connectivity index (χ2n) is 8.28. The third-order valence-corrected chi connectivity index (χ3v) is 6.53. The molecule has 1 unspecified atom stereocenters. The third-order valence-electron chi connectivity index (χ3n) is 5.71. The minimum atomic E-state index is -0.782. The van der Waals surface area contributed by atoms with Gasteiger partial charge in [-0.3, -0.25) is 0 Å². The summed E-state index contributed by atoms with van der Waals surface area (Å²) in [5.74, 6) is 0.920. The SMILES string of the molecule is C=C(C1=CCB(O)OC1CC/C(=C/c1cc(I)c(O)c(OC)c1)c1ccccc1)C(C)C. The van der Waals surface area contributed by atoms with Crippen molar-refractivity contribution in [2.45, 2.75) is 39.1 Å². The first kappa shape index (κ1) is 24.6. The Balaban J connectivity index is 1.92. The second-order valence-corrected chi connectivity index (χ2v) is 9.44. The van der Waals surface area contributed by atoms with Crippen LogP contribution in [0.3, 0.4) is 0 Å². The first-order valence-electron chi connectivity index (χ1n) is 10.8. The van der Waals surface area contributed by atoms with Crippen LogP contribution in [0.4, 0.5) is 0 Å². The summed E-state index contributed by atoms with van der Waals surface area (Å²) < 4.78 is 12.0. The molecule has 2 aromatic carbocycles. The highest BCUT2D eigenvalue weighted by Gasteiger charge is 2.29. The topological polar surface area (TPSA) is 58.9 Å². The van der Waals surface area contributed by atoms with E-state index in [9.17, 15) is 10.1 Å². The van der Waals surface area contributed by atoms with Crippen molar-refractivity contribution >= 4 is 41.4 Å². The Hall–Kier alpha value is -2.03. The molecular formula is C26H30BIO4. The lowest BCUT2D eigenvalue weighted by Gasteiger charge is -2.30. The smallest absolute Gasteiger partial charge is 0.458 e. The van der Waals surface area contributed by atoms with Crippen LogP contribution in [0.25, 0.3) is 11.6 Å². The number of halogens is 1. The van der Waals surface area contributed by atoms with Crippen molar-refractivity contribution < 1.29 is 19.5 Å². The summed E-state index contributed by atoms with van der Waals surface area (Å²) in [6.07, 6.45) is 5.96. The molecule has 2 aromatic rings. The van der Waals surface area contributed by atoms with Crippen molar-refractivity contribution in [2.75, 3.05) is 7.11 Å². The normalized spacial score (nSPS) is 16.8. The Bertz CT molecular complexity index is 1010. The van der Waals surface area contributed by atoms with Crippen LogP contribution >= 0.6 is 22.6 Å². The third kappa shape index (κ3) is 6.06. The number of benzene rings is 2. The largest absolute Gasteiger partial charge is 0.504 e. The molecule has 0 amide bonds. The van der Waals surface area contributed by atoms with Crippen LogP contribution in [-0.2, 0) is 4.65 Å². The summed E-state index contributed by atoms with van der Waals surface area (Å²) in [6, 6.07) is 14.0. The predicted molar refractivity (Wildman–Crippen MR) is 141 cm³/mol. The van der Waals surface area contributed by atoms with E-state index in [-0.39, 0.29) is 11.9 Å². The van der Waals surface area contributed by atoms with Gasteiger partial charge in [-0.05, 0) is 81.3 Å². The number of ether oxygens (including phenoxy) is 1. The lowest BCUT2D eigenvalue weighted by atomic mass is 9.76. The van der Waals surface area contributed by atoms with Crippen molar-refractivity contribution in [2.24, 2.45) is 5.92 Å². The van der Waals surface area contributed by atoms with E-state index < -0.39 is 7.12 Å². The zero-order chi connectivity index (χ0) is 23.3. The van der Waals surface area contributed by atoms with Gasteiger partial charge in [0, 0.05) is 6.32 Å². The first-order chi connectivity index (χ1) is 15.3. The van der Waals surface area contributed by atoms with Gasteiger partial charge >= 0.3 is 7.12 Å².